The van der Waals surface area contributed by atoms with Gasteiger partial charge in [0.1, 0.15) is 0 Å². The summed E-state index contributed by atoms with van der Waals surface area (Å²) in [6, 6.07) is 3.17. The number of nitrogens with two attached hydrogens (primary N) is 1. The Balaban J connectivity index is 2.70. The predicted octanol–water partition coefficient (Wildman–Crippen LogP) is 1.93. The van der Waals surface area contributed by atoms with Crippen molar-refractivity contribution in [1.82, 2.24) is 5.32 Å². The lowest BCUT2D eigenvalue weighted by molar-refractivity contribution is 0.0956. The third-order valence-electron chi connectivity index (χ3n) is 2.57. The first-order valence-corrected chi connectivity index (χ1v) is 7.27. The Hall–Kier alpha value is -1.82. The zero-order valence-electron chi connectivity index (χ0n) is 11.8. The molecule has 1 aromatic rings. The van der Waals surface area contributed by atoms with Crippen LogP contribution < -0.4 is 20.5 Å². The van der Waals surface area contributed by atoms with Gasteiger partial charge in [-0.2, -0.15) is 11.8 Å². The smallest absolute Gasteiger partial charge is 0.253 e. The van der Waals surface area contributed by atoms with E-state index in [4.69, 9.17) is 15.2 Å². The number of methoxy groups -OCH3 is 2. The van der Waals surface area contributed by atoms with Crippen LogP contribution in [-0.4, -0.2) is 38.2 Å². The molecule has 5 nitrogen and oxygen atoms in total. The van der Waals surface area contributed by atoms with Crippen LogP contribution in [0, 0.1) is 0 Å². The average molecular weight is 296 g/mol. The Kier molecular flexibility index (Phi) is 6.79. The summed E-state index contributed by atoms with van der Waals surface area (Å²) in [5.74, 6) is 2.46. The molecule has 0 spiro atoms. The summed E-state index contributed by atoms with van der Waals surface area (Å²) in [6.45, 7) is 4.21. The molecule has 0 aromatic heterocycles. The van der Waals surface area contributed by atoms with Crippen molar-refractivity contribution in [1.29, 1.82) is 0 Å². The first kappa shape index (κ1) is 16.2. The molecule has 1 amide bonds. The summed E-state index contributed by atoms with van der Waals surface area (Å²) in [4.78, 5) is 12.0. The van der Waals surface area contributed by atoms with E-state index < -0.39 is 0 Å². The number of amides is 1. The number of carbonyl (C=O) groups excluding carboxylic acids is 1. The highest BCUT2D eigenvalue weighted by molar-refractivity contribution is 7.99. The molecule has 20 heavy (non-hydrogen) atoms. The molecule has 0 aliphatic rings. The van der Waals surface area contributed by atoms with Crippen LogP contribution in [0.1, 0.15) is 10.4 Å². The van der Waals surface area contributed by atoms with Gasteiger partial charge in [-0.25, -0.2) is 0 Å². The quantitative estimate of drug-likeness (QED) is 0.436. The number of carbonyl (C=O) groups is 1. The van der Waals surface area contributed by atoms with Crippen LogP contribution in [0.15, 0.2) is 24.8 Å². The molecule has 3 N–H and O–H groups in total. The fourth-order valence-corrected chi connectivity index (χ4v) is 2.17. The van der Waals surface area contributed by atoms with E-state index in [9.17, 15) is 4.79 Å². The number of hydrogen-bond acceptors (Lipinski definition) is 5. The van der Waals surface area contributed by atoms with E-state index in [0.29, 0.717) is 29.3 Å². The van der Waals surface area contributed by atoms with Gasteiger partial charge in [-0.05, 0) is 6.07 Å². The maximum atomic E-state index is 12.0. The molecule has 0 bridgehead atoms. The number of hydrogen-bond donors (Lipinski definition) is 2. The predicted molar refractivity (Wildman–Crippen MR) is 83.8 cm³/mol. The average Bonchev–Trinajstić information content (AvgIpc) is 2.46. The third-order valence-corrected chi connectivity index (χ3v) is 3.53. The molecule has 1 rings (SSSR count). The van der Waals surface area contributed by atoms with E-state index >= 15 is 0 Å². The second kappa shape index (κ2) is 8.37. The van der Waals surface area contributed by atoms with E-state index in [2.05, 4.69) is 11.9 Å². The van der Waals surface area contributed by atoms with E-state index in [1.807, 2.05) is 6.08 Å². The number of thioether (sulfide) groups is 1. The first-order chi connectivity index (χ1) is 9.63. The van der Waals surface area contributed by atoms with E-state index in [1.54, 1.807) is 23.9 Å². The van der Waals surface area contributed by atoms with Gasteiger partial charge in [-0.15, -0.1) is 6.58 Å². The Labute approximate surface area is 123 Å². The van der Waals surface area contributed by atoms with Crippen molar-refractivity contribution in [2.45, 2.75) is 0 Å². The van der Waals surface area contributed by atoms with Gasteiger partial charge >= 0.3 is 0 Å². The van der Waals surface area contributed by atoms with Gasteiger partial charge < -0.3 is 20.5 Å². The third kappa shape index (κ3) is 4.38. The lowest BCUT2D eigenvalue weighted by Crippen LogP contribution is -2.26. The Bertz CT molecular complexity index is 478. The largest absolute Gasteiger partial charge is 0.493 e. The summed E-state index contributed by atoms with van der Waals surface area (Å²) < 4.78 is 10.3. The molecular weight excluding hydrogens is 276 g/mol. The summed E-state index contributed by atoms with van der Waals surface area (Å²) in [5, 5.41) is 2.82. The molecule has 110 valence electrons. The zero-order chi connectivity index (χ0) is 15.0. The minimum Gasteiger partial charge on any atom is -0.493 e. The van der Waals surface area contributed by atoms with Crippen molar-refractivity contribution in [3.63, 3.8) is 0 Å². The highest BCUT2D eigenvalue weighted by Gasteiger charge is 2.14. The number of nitrogens with one attached hydrogen (secondary N) is 1. The van der Waals surface area contributed by atoms with Crippen LogP contribution in [0.2, 0.25) is 0 Å². The van der Waals surface area contributed by atoms with Crippen molar-refractivity contribution >= 4 is 23.4 Å². The van der Waals surface area contributed by atoms with Crippen LogP contribution in [0.5, 0.6) is 11.5 Å². The normalized spacial score (nSPS) is 9.90. The summed E-state index contributed by atoms with van der Waals surface area (Å²) in [6.07, 6.45) is 1.83. The Morgan fingerprint density at radius 1 is 1.40 bits per heavy atom. The maximum Gasteiger partial charge on any atom is 0.253 e. The molecule has 0 unspecified atom stereocenters. The molecule has 0 saturated heterocycles. The highest BCUT2D eigenvalue weighted by Crippen LogP contribution is 2.31. The van der Waals surface area contributed by atoms with Crippen molar-refractivity contribution in [2.75, 3.05) is 38.0 Å². The molecule has 0 fully saturated rings. The van der Waals surface area contributed by atoms with Crippen LogP contribution >= 0.6 is 11.8 Å². The molecule has 0 aliphatic carbocycles. The molecule has 0 atom stereocenters. The lowest BCUT2D eigenvalue weighted by Gasteiger charge is -2.12. The molecule has 0 aliphatic heterocycles. The monoisotopic (exact) mass is 296 g/mol. The van der Waals surface area contributed by atoms with Crippen LogP contribution in [0.4, 0.5) is 5.69 Å². The Morgan fingerprint density at radius 2 is 2.05 bits per heavy atom. The second-order valence-corrected chi connectivity index (χ2v) is 5.06. The molecule has 0 heterocycles. The van der Waals surface area contributed by atoms with Crippen molar-refractivity contribution < 1.29 is 14.3 Å². The fourth-order valence-electron chi connectivity index (χ4n) is 1.59. The number of rotatable bonds is 8. The molecule has 0 radical (unpaired) electrons. The highest BCUT2D eigenvalue weighted by atomic mass is 32.2. The summed E-state index contributed by atoms with van der Waals surface area (Å²) in [7, 11) is 3.04. The van der Waals surface area contributed by atoms with Gasteiger partial charge in [0.05, 0.1) is 19.8 Å². The van der Waals surface area contributed by atoms with Gasteiger partial charge in [0.2, 0.25) is 0 Å². The van der Waals surface area contributed by atoms with Gasteiger partial charge in [0.15, 0.2) is 11.5 Å². The van der Waals surface area contributed by atoms with E-state index in [0.717, 1.165) is 11.5 Å². The van der Waals surface area contributed by atoms with Crippen molar-refractivity contribution in [3.8, 4) is 11.5 Å². The maximum absolute atomic E-state index is 12.0. The SMILES string of the molecule is C=CCSCCNC(=O)c1cc(OC)c(OC)cc1N. The second-order valence-electron chi connectivity index (χ2n) is 3.91. The van der Waals surface area contributed by atoms with Gasteiger partial charge in [-0.3, -0.25) is 4.79 Å². The van der Waals surface area contributed by atoms with Gasteiger partial charge in [0, 0.05) is 29.8 Å². The molecular formula is C14H20N2O3S. The summed E-state index contributed by atoms with van der Waals surface area (Å²) in [5.41, 5.74) is 6.60. The van der Waals surface area contributed by atoms with E-state index in [-0.39, 0.29) is 5.91 Å². The van der Waals surface area contributed by atoms with Crippen LogP contribution in [0.25, 0.3) is 0 Å². The number of nitrogen functional groups attached to an aromatic ring is 1. The number of ether oxygens (including phenoxy) is 2. The van der Waals surface area contributed by atoms with Gasteiger partial charge in [-0.1, -0.05) is 6.08 Å². The summed E-state index contributed by atoms with van der Waals surface area (Å²) >= 11 is 1.70. The van der Waals surface area contributed by atoms with Gasteiger partial charge in [0.25, 0.3) is 5.91 Å². The van der Waals surface area contributed by atoms with Crippen LogP contribution in [-0.2, 0) is 0 Å². The van der Waals surface area contributed by atoms with Crippen LogP contribution in [0.3, 0.4) is 0 Å². The molecule has 0 saturated carbocycles. The minimum atomic E-state index is -0.220. The lowest BCUT2D eigenvalue weighted by atomic mass is 10.1. The van der Waals surface area contributed by atoms with Crippen molar-refractivity contribution in [2.24, 2.45) is 0 Å². The topological polar surface area (TPSA) is 73.6 Å². The number of anilines is 1. The molecule has 1 aromatic carbocycles. The zero-order valence-corrected chi connectivity index (χ0v) is 12.6. The van der Waals surface area contributed by atoms with Crippen molar-refractivity contribution in [3.05, 3.63) is 30.4 Å². The Morgan fingerprint density at radius 3 is 2.65 bits per heavy atom. The molecule has 6 heteroatoms. The fraction of sp³-hybridized carbons (Fsp3) is 0.357. The standard InChI is InChI=1S/C14H20N2O3S/c1-4-6-20-7-5-16-14(17)10-8-12(18-2)13(19-3)9-11(10)15/h4,8-9H,1,5-7,15H2,2-3H3,(H,16,17). The van der Waals surface area contributed by atoms with E-state index in [1.165, 1.54) is 14.2 Å². The minimum absolute atomic E-state index is 0.220. The first-order valence-electron chi connectivity index (χ1n) is 6.12. The number of benzene rings is 1.